The highest BCUT2D eigenvalue weighted by Crippen LogP contribution is 2.17. The van der Waals surface area contributed by atoms with Gasteiger partial charge in [0.05, 0.1) is 12.1 Å². The maximum atomic E-state index is 11.9. The van der Waals surface area contributed by atoms with Crippen LogP contribution < -0.4 is 0 Å². The molecular formula is C10H11N3O4. The van der Waals surface area contributed by atoms with Gasteiger partial charge in [-0.15, -0.1) is 0 Å². The zero-order valence-corrected chi connectivity index (χ0v) is 9.41. The Kier molecular flexibility index (Phi) is 3.82. The molecule has 0 spiro atoms. The van der Waals surface area contributed by atoms with Crippen LogP contribution in [0.1, 0.15) is 24.4 Å². The van der Waals surface area contributed by atoms with Crippen LogP contribution in [0.2, 0.25) is 0 Å². The van der Waals surface area contributed by atoms with Gasteiger partial charge in [-0.05, 0) is 19.9 Å². The first-order valence-electron chi connectivity index (χ1n) is 4.89. The summed E-state index contributed by atoms with van der Waals surface area (Å²) in [5.74, 6) is -1.16. The van der Waals surface area contributed by atoms with Gasteiger partial charge >= 0.3 is 5.88 Å². The van der Waals surface area contributed by atoms with E-state index in [1.807, 2.05) is 6.07 Å². The molecule has 0 aliphatic rings. The molecule has 0 aromatic carbocycles. The van der Waals surface area contributed by atoms with Crippen molar-refractivity contribution in [3.8, 4) is 6.07 Å². The molecule has 90 valence electrons. The lowest BCUT2D eigenvalue weighted by Crippen LogP contribution is -2.37. The van der Waals surface area contributed by atoms with Gasteiger partial charge in [0, 0.05) is 6.04 Å². The fourth-order valence-corrected chi connectivity index (χ4v) is 1.25. The SMILES string of the molecule is CC(C)N(CC#N)C(=O)c1ccc([N+](=O)[O-])o1. The Balaban J connectivity index is 2.94. The third-order valence-electron chi connectivity index (χ3n) is 2.11. The van der Waals surface area contributed by atoms with E-state index in [0.717, 1.165) is 6.07 Å². The number of nitro groups is 1. The highest BCUT2D eigenvalue weighted by Gasteiger charge is 2.23. The van der Waals surface area contributed by atoms with Crippen molar-refractivity contribution in [2.75, 3.05) is 6.54 Å². The Labute approximate surface area is 97.4 Å². The number of nitrogens with zero attached hydrogens (tertiary/aromatic N) is 3. The molecule has 0 atom stereocenters. The van der Waals surface area contributed by atoms with E-state index in [-0.39, 0.29) is 18.3 Å². The number of amides is 1. The predicted octanol–water partition coefficient (Wildman–Crippen LogP) is 1.56. The van der Waals surface area contributed by atoms with Gasteiger partial charge in [-0.2, -0.15) is 5.26 Å². The summed E-state index contributed by atoms with van der Waals surface area (Å²) in [5, 5.41) is 19.0. The molecular weight excluding hydrogens is 226 g/mol. The fourth-order valence-electron chi connectivity index (χ4n) is 1.25. The number of rotatable bonds is 4. The third kappa shape index (κ3) is 2.81. The number of hydrogen-bond acceptors (Lipinski definition) is 5. The minimum Gasteiger partial charge on any atom is -0.395 e. The maximum absolute atomic E-state index is 11.9. The molecule has 0 aliphatic carbocycles. The summed E-state index contributed by atoms with van der Waals surface area (Å²) >= 11 is 0. The van der Waals surface area contributed by atoms with Gasteiger partial charge in [-0.1, -0.05) is 0 Å². The van der Waals surface area contributed by atoms with Crippen LogP contribution in [0.4, 0.5) is 5.88 Å². The normalized spacial score (nSPS) is 10.0. The van der Waals surface area contributed by atoms with E-state index >= 15 is 0 Å². The van der Waals surface area contributed by atoms with Gasteiger partial charge in [0.1, 0.15) is 11.5 Å². The molecule has 0 radical (unpaired) electrons. The molecule has 1 aromatic heterocycles. The lowest BCUT2D eigenvalue weighted by Gasteiger charge is -2.22. The monoisotopic (exact) mass is 237 g/mol. The van der Waals surface area contributed by atoms with E-state index in [4.69, 9.17) is 9.68 Å². The predicted molar refractivity (Wildman–Crippen MR) is 57.1 cm³/mol. The van der Waals surface area contributed by atoms with E-state index in [1.165, 1.54) is 11.0 Å². The van der Waals surface area contributed by atoms with Crippen molar-refractivity contribution in [2.45, 2.75) is 19.9 Å². The summed E-state index contributed by atoms with van der Waals surface area (Å²) < 4.78 is 4.78. The number of carbonyl (C=O) groups excluding carboxylic acids is 1. The maximum Gasteiger partial charge on any atom is 0.433 e. The zero-order valence-electron chi connectivity index (χ0n) is 9.41. The summed E-state index contributed by atoms with van der Waals surface area (Å²) in [6.45, 7) is 3.39. The standard InChI is InChI=1S/C10H11N3O4/c1-7(2)12(6-5-11)10(14)8-3-4-9(17-8)13(15)16/h3-4,7H,6H2,1-2H3. The highest BCUT2D eigenvalue weighted by molar-refractivity contribution is 5.92. The second-order valence-electron chi connectivity index (χ2n) is 3.58. The van der Waals surface area contributed by atoms with Crippen LogP contribution in [-0.4, -0.2) is 28.3 Å². The average Bonchev–Trinajstić information content (AvgIpc) is 2.73. The smallest absolute Gasteiger partial charge is 0.395 e. The second kappa shape index (κ2) is 5.12. The van der Waals surface area contributed by atoms with Crippen molar-refractivity contribution in [1.29, 1.82) is 5.26 Å². The molecule has 17 heavy (non-hydrogen) atoms. The molecule has 1 aromatic rings. The van der Waals surface area contributed by atoms with Crippen molar-refractivity contribution in [3.05, 3.63) is 28.0 Å². The lowest BCUT2D eigenvalue weighted by molar-refractivity contribution is -0.402. The van der Waals surface area contributed by atoms with Gasteiger partial charge in [0.2, 0.25) is 0 Å². The molecule has 0 bridgehead atoms. The van der Waals surface area contributed by atoms with E-state index in [9.17, 15) is 14.9 Å². The molecule has 1 heterocycles. The first kappa shape index (κ1) is 12.7. The first-order chi connectivity index (χ1) is 7.97. The van der Waals surface area contributed by atoms with Crippen LogP contribution in [0.3, 0.4) is 0 Å². The summed E-state index contributed by atoms with van der Waals surface area (Å²) in [6.07, 6.45) is 0. The molecule has 0 unspecified atom stereocenters. The average molecular weight is 237 g/mol. The largest absolute Gasteiger partial charge is 0.433 e. The minimum atomic E-state index is -0.721. The molecule has 1 amide bonds. The molecule has 7 nitrogen and oxygen atoms in total. The third-order valence-corrected chi connectivity index (χ3v) is 2.11. The van der Waals surface area contributed by atoms with Crippen LogP contribution in [0.5, 0.6) is 0 Å². The summed E-state index contributed by atoms with van der Waals surface area (Å²) in [6, 6.07) is 4.01. The van der Waals surface area contributed by atoms with Gasteiger partial charge < -0.3 is 9.32 Å². The van der Waals surface area contributed by atoms with Crippen LogP contribution in [-0.2, 0) is 0 Å². The molecule has 1 rings (SSSR count). The van der Waals surface area contributed by atoms with Crippen molar-refractivity contribution >= 4 is 11.8 Å². The molecule has 0 saturated heterocycles. The molecule has 0 fully saturated rings. The Morgan fingerprint density at radius 1 is 1.65 bits per heavy atom. The van der Waals surface area contributed by atoms with Crippen molar-refractivity contribution < 1.29 is 14.1 Å². The van der Waals surface area contributed by atoms with Crippen molar-refractivity contribution in [2.24, 2.45) is 0 Å². The number of nitriles is 1. The Morgan fingerprint density at radius 3 is 2.71 bits per heavy atom. The number of furan rings is 1. The van der Waals surface area contributed by atoms with Crippen molar-refractivity contribution in [3.63, 3.8) is 0 Å². The Bertz CT molecular complexity index is 472. The fraction of sp³-hybridized carbons (Fsp3) is 0.400. The van der Waals surface area contributed by atoms with E-state index in [2.05, 4.69) is 0 Å². The first-order valence-corrected chi connectivity index (χ1v) is 4.89. The quantitative estimate of drug-likeness (QED) is 0.449. The summed E-state index contributed by atoms with van der Waals surface area (Å²) in [5.41, 5.74) is 0. The van der Waals surface area contributed by atoms with Gasteiger partial charge in [0.25, 0.3) is 5.91 Å². The van der Waals surface area contributed by atoms with Crippen LogP contribution in [0.15, 0.2) is 16.5 Å². The van der Waals surface area contributed by atoms with Gasteiger partial charge in [-0.25, -0.2) is 0 Å². The van der Waals surface area contributed by atoms with Gasteiger partial charge in [-0.3, -0.25) is 14.9 Å². The summed E-state index contributed by atoms with van der Waals surface area (Å²) in [4.78, 5) is 22.8. The van der Waals surface area contributed by atoms with E-state index in [0.29, 0.717) is 0 Å². The van der Waals surface area contributed by atoms with Crippen molar-refractivity contribution in [1.82, 2.24) is 4.90 Å². The number of carbonyl (C=O) groups is 1. The highest BCUT2D eigenvalue weighted by atomic mass is 16.6. The minimum absolute atomic E-state index is 0.0923. The van der Waals surface area contributed by atoms with E-state index in [1.54, 1.807) is 13.8 Å². The number of hydrogen-bond donors (Lipinski definition) is 0. The van der Waals surface area contributed by atoms with Crippen LogP contribution in [0.25, 0.3) is 0 Å². The molecule has 0 N–H and O–H groups in total. The summed E-state index contributed by atoms with van der Waals surface area (Å²) in [7, 11) is 0. The Morgan fingerprint density at radius 2 is 2.29 bits per heavy atom. The van der Waals surface area contributed by atoms with E-state index < -0.39 is 16.7 Å². The van der Waals surface area contributed by atoms with Crippen LogP contribution in [0, 0.1) is 21.4 Å². The Hall–Kier alpha value is -2.36. The zero-order chi connectivity index (χ0) is 13.0. The van der Waals surface area contributed by atoms with Crippen LogP contribution >= 0.6 is 0 Å². The topological polar surface area (TPSA) is 100 Å². The second-order valence-corrected chi connectivity index (χ2v) is 3.58. The molecule has 0 saturated carbocycles. The lowest BCUT2D eigenvalue weighted by atomic mass is 10.3. The molecule has 0 aliphatic heterocycles. The van der Waals surface area contributed by atoms with Gasteiger partial charge in [0.15, 0.2) is 5.76 Å². The molecule has 7 heteroatoms.